The van der Waals surface area contributed by atoms with Gasteiger partial charge >= 0.3 is 0 Å². The highest BCUT2D eigenvalue weighted by atomic mass is 16.2. The van der Waals surface area contributed by atoms with Crippen LogP contribution in [-0.4, -0.2) is 46.7 Å². The first-order chi connectivity index (χ1) is 15.6. The van der Waals surface area contributed by atoms with E-state index in [0.717, 1.165) is 30.7 Å². The minimum absolute atomic E-state index is 0.106. The van der Waals surface area contributed by atoms with Crippen LogP contribution < -0.4 is 0 Å². The summed E-state index contributed by atoms with van der Waals surface area (Å²) in [5.74, 6) is -0.314. The van der Waals surface area contributed by atoms with Crippen LogP contribution in [0.2, 0.25) is 0 Å². The maximum absolute atomic E-state index is 13.5. The third-order valence-corrected chi connectivity index (χ3v) is 7.15. The summed E-state index contributed by atoms with van der Waals surface area (Å²) in [5, 5.41) is 0. The van der Waals surface area contributed by atoms with Crippen molar-refractivity contribution in [3.8, 4) is 0 Å². The van der Waals surface area contributed by atoms with Crippen LogP contribution in [0.5, 0.6) is 0 Å². The van der Waals surface area contributed by atoms with E-state index in [2.05, 4.69) is 0 Å². The molecular formula is C27H28N2O3. The molecule has 3 amide bonds. The molecule has 164 valence electrons. The second-order valence-corrected chi connectivity index (χ2v) is 9.02. The Hall–Kier alpha value is -3.21. The lowest BCUT2D eigenvalue weighted by atomic mass is 9.78. The molecule has 3 aliphatic rings. The van der Waals surface area contributed by atoms with Crippen molar-refractivity contribution in [1.29, 1.82) is 0 Å². The van der Waals surface area contributed by atoms with E-state index >= 15 is 0 Å². The van der Waals surface area contributed by atoms with Gasteiger partial charge in [-0.1, -0.05) is 73.5 Å². The average molecular weight is 429 g/mol. The summed E-state index contributed by atoms with van der Waals surface area (Å²) in [4.78, 5) is 43.4. The van der Waals surface area contributed by atoms with Crippen molar-refractivity contribution in [2.75, 3.05) is 13.1 Å². The summed E-state index contributed by atoms with van der Waals surface area (Å²) in [6.45, 7) is 0.536. The largest absolute Gasteiger partial charge is 0.338 e. The van der Waals surface area contributed by atoms with Gasteiger partial charge in [0.15, 0.2) is 0 Å². The minimum Gasteiger partial charge on any atom is -0.338 e. The highest BCUT2D eigenvalue weighted by molar-refractivity contribution is 6.49. The minimum atomic E-state index is -0.384. The number of fused-ring (bicyclic) bond motifs is 1. The summed E-state index contributed by atoms with van der Waals surface area (Å²) in [6.07, 6.45) is 6.75. The molecule has 1 saturated heterocycles. The molecule has 2 atom stereocenters. The monoisotopic (exact) mass is 428 g/mol. The molecule has 2 heterocycles. The van der Waals surface area contributed by atoms with Gasteiger partial charge < -0.3 is 4.90 Å². The molecule has 5 heteroatoms. The second-order valence-electron chi connectivity index (χ2n) is 9.02. The maximum Gasteiger partial charge on any atom is 0.262 e. The number of amides is 3. The Morgan fingerprint density at radius 1 is 0.750 bits per heavy atom. The molecule has 2 aromatic rings. The van der Waals surface area contributed by atoms with Gasteiger partial charge in [0.25, 0.3) is 11.8 Å². The highest BCUT2D eigenvalue weighted by Crippen LogP contribution is 2.37. The number of benzene rings is 2. The summed E-state index contributed by atoms with van der Waals surface area (Å²) in [7, 11) is 0. The Bertz CT molecular complexity index is 997. The summed E-state index contributed by atoms with van der Waals surface area (Å²) in [5.41, 5.74) is 2.16. The molecule has 5 nitrogen and oxygen atoms in total. The number of hydrogen-bond acceptors (Lipinski definition) is 3. The summed E-state index contributed by atoms with van der Waals surface area (Å²) in [6, 6.07) is 18.8. The zero-order chi connectivity index (χ0) is 22.1. The lowest BCUT2D eigenvalue weighted by Crippen LogP contribution is -2.53. The lowest BCUT2D eigenvalue weighted by Gasteiger charge is -2.44. The fourth-order valence-corrected chi connectivity index (χ4v) is 5.63. The van der Waals surface area contributed by atoms with Crippen LogP contribution in [0.4, 0.5) is 0 Å². The smallest absolute Gasteiger partial charge is 0.262 e. The topological polar surface area (TPSA) is 57.7 Å². The molecule has 0 bridgehead atoms. The lowest BCUT2D eigenvalue weighted by molar-refractivity contribution is -0.147. The maximum atomic E-state index is 13.5. The molecular weight excluding hydrogens is 400 g/mol. The van der Waals surface area contributed by atoms with E-state index in [1.807, 2.05) is 65.6 Å². The normalized spacial score (nSPS) is 23.5. The number of likely N-dealkylation sites (tertiary alicyclic amines) is 1. The fourth-order valence-electron chi connectivity index (χ4n) is 5.63. The Morgan fingerprint density at radius 3 is 1.88 bits per heavy atom. The highest BCUT2D eigenvalue weighted by Gasteiger charge is 2.42. The molecule has 2 fully saturated rings. The van der Waals surface area contributed by atoms with Crippen LogP contribution in [0.15, 0.2) is 60.7 Å². The number of nitrogens with zero attached hydrogens (tertiary/aromatic N) is 2. The van der Waals surface area contributed by atoms with Gasteiger partial charge in [0.1, 0.15) is 6.54 Å². The third-order valence-electron chi connectivity index (χ3n) is 7.15. The standard InChI is InChI=1S/C27H28N2O3/c30-23(28-17-9-15-19-10-7-8-16-22(19)28)18-29-26(31)24(20-11-3-1-4-12-20)25(27(29)32)21-13-5-2-6-14-21/h1-6,11-14,19,22H,7-10,15-18H2. The van der Waals surface area contributed by atoms with Crippen LogP contribution in [-0.2, 0) is 14.4 Å². The van der Waals surface area contributed by atoms with E-state index in [1.165, 1.54) is 19.3 Å². The number of piperidine rings is 1. The zero-order valence-corrected chi connectivity index (χ0v) is 18.2. The van der Waals surface area contributed by atoms with Crippen molar-refractivity contribution in [2.24, 2.45) is 5.92 Å². The Labute approximate surface area is 188 Å². The number of rotatable bonds is 4. The Balaban J connectivity index is 1.44. The Kier molecular flexibility index (Phi) is 5.64. The van der Waals surface area contributed by atoms with Crippen LogP contribution in [0, 0.1) is 5.92 Å². The van der Waals surface area contributed by atoms with Gasteiger partial charge in [-0.15, -0.1) is 0 Å². The zero-order valence-electron chi connectivity index (χ0n) is 18.2. The van der Waals surface area contributed by atoms with Crippen molar-refractivity contribution in [3.05, 3.63) is 71.8 Å². The van der Waals surface area contributed by atoms with Gasteiger partial charge in [-0.25, -0.2) is 0 Å². The van der Waals surface area contributed by atoms with Gasteiger partial charge in [-0.3, -0.25) is 19.3 Å². The SMILES string of the molecule is O=C1C(c2ccccc2)=C(c2ccccc2)C(=O)N1CC(=O)N1CCCC2CCCCC21. The van der Waals surface area contributed by atoms with Crippen LogP contribution in [0.1, 0.15) is 49.7 Å². The second kappa shape index (κ2) is 8.73. The van der Waals surface area contributed by atoms with E-state index in [9.17, 15) is 14.4 Å². The number of carbonyl (C=O) groups is 3. The number of hydrogen-bond donors (Lipinski definition) is 0. The predicted molar refractivity (Wildman–Crippen MR) is 123 cm³/mol. The molecule has 1 saturated carbocycles. The first kappa shape index (κ1) is 20.7. The van der Waals surface area contributed by atoms with Crippen molar-refractivity contribution in [2.45, 2.75) is 44.6 Å². The van der Waals surface area contributed by atoms with Crippen LogP contribution >= 0.6 is 0 Å². The molecule has 0 spiro atoms. The van der Waals surface area contributed by atoms with Crippen molar-refractivity contribution in [3.63, 3.8) is 0 Å². The van der Waals surface area contributed by atoms with Crippen molar-refractivity contribution >= 4 is 28.9 Å². The van der Waals surface area contributed by atoms with Gasteiger partial charge in [-0.2, -0.15) is 0 Å². The van der Waals surface area contributed by atoms with E-state index in [-0.39, 0.29) is 30.3 Å². The number of imide groups is 1. The van der Waals surface area contributed by atoms with Gasteiger partial charge in [-0.05, 0) is 42.7 Å². The first-order valence-electron chi connectivity index (χ1n) is 11.7. The molecule has 2 aliphatic heterocycles. The van der Waals surface area contributed by atoms with E-state index in [0.29, 0.717) is 28.2 Å². The molecule has 1 aliphatic carbocycles. The van der Waals surface area contributed by atoms with Crippen LogP contribution in [0.25, 0.3) is 11.1 Å². The summed E-state index contributed by atoms with van der Waals surface area (Å²) >= 11 is 0. The van der Waals surface area contributed by atoms with Gasteiger partial charge in [0.05, 0.1) is 11.1 Å². The Morgan fingerprint density at radius 2 is 1.28 bits per heavy atom. The average Bonchev–Trinajstić information content (AvgIpc) is 3.09. The summed E-state index contributed by atoms with van der Waals surface area (Å²) < 4.78 is 0. The fraction of sp³-hybridized carbons (Fsp3) is 0.370. The molecule has 0 N–H and O–H groups in total. The van der Waals surface area contributed by atoms with Gasteiger partial charge in [0, 0.05) is 12.6 Å². The van der Waals surface area contributed by atoms with Crippen molar-refractivity contribution in [1.82, 2.24) is 9.80 Å². The molecule has 2 aromatic carbocycles. The van der Waals surface area contributed by atoms with E-state index in [1.54, 1.807) is 0 Å². The first-order valence-corrected chi connectivity index (χ1v) is 11.7. The van der Waals surface area contributed by atoms with E-state index in [4.69, 9.17) is 0 Å². The molecule has 5 rings (SSSR count). The van der Waals surface area contributed by atoms with Gasteiger partial charge in [0.2, 0.25) is 5.91 Å². The molecule has 32 heavy (non-hydrogen) atoms. The molecule has 2 unspecified atom stereocenters. The van der Waals surface area contributed by atoms with Crippen LogP contribution in [0.3, 0.4) is 0 Å². The van der Waals surface area contributed by atoms with Crippen molar-refractivity contribution < 1.29 is 14.4 Å². The molecule has 0 aromatic heterocycles. The third kappa shape index (κ3) is 3.66. The molecule has 0 radical (unpaired) electrons. The predicted octanol–water partition coefficient (Wildman–Crippen LogP) is 4.15. The number of carbonyl (C=O) groups excluding carboxylic acids is 3. The quantitative estimate of drug-likeness (QED) is 0.688. The van der Waals surface area contributed by atoms with E-state index < -0.39 is 0 Å².